The quantitative estimate of drug-likeness (QED) is 0.528. The van der Waals surface area contributed by atoms with E-state index in [4.69, 9.17) is 0 Å². The van der Waals surface area contributed by atoms with Crippen molar-refractivity contribution in [3.05, 3.63) is 0 Å². The summed E-state index contributed by atoms with van der Waals surface area (Å²) in [5, 5.41) is 0. The Morgan fingerprint density at radius 3 is 2.10 bits per heavy atom. The standard InChI is InChI=1S/C8H15NO/c1-6(2)7(3)8(10)9-4-5-9/h6-7H,4-5H2,1-3H3. The van der Waals surface area contributed by atoms with E-state index < -0.39 is 0 Å². The normalized spacial score (nSPS) is 19.4. The number of rotatable bonds is 2. The topological polar surface area (TPSA) is 20.1 Å². The van der Waals surface area contributed by atoms with Gasteiger partial charge in [-0.05, 0) is 5.92 Å². The van der Waals surface area contributed by atoms with Gasteiger partial charge < -0.3 is 4.90 Å². The molecule has 0 aromatic heterocycles. The minimum atomic E-state index is 0.211. The van der Waals surface area contributed by atoms with Crippen LogP contribution in [0.4, 0.5) is 0 Å². The van der Waals surface area contributed by atoms with E-state index in [0.29, 0.717) is 11.8 Å². The largest absolute Gasteiger partial charge is 0.339 e. The van der Waals surface area contributed by atoms with Crippen LogP contribution in [0.25, 0.3) is 0 Å². The SMILES string of the molecule is CC(C)C(C)C(=O)N1CC1. The summed E-state index contributed by atoms with van der Waals surface area (Å²) in [4.78, 5) is 13.2. The molecule has 1 unspecified atom stereocenters. The van der Waals surface area contributed by atoms with Gasteiger partial charge in [-0.15, -0.1) is 0 Å². The van der Waals surface area contributed by atoms with Crippen LogP contribution in [-0.2, 0) is 4.79 Å². The molecule has 0 aromatic rings. The molecule has 1 aliphatic heterocycles. The lowest BCUT2D eigenvalue weighted by Gasteiger charge is -2.13. The van der Waals surface area contributed by atoms with Crippen LogP contribution in [0.15, 0.2) is 0 Å². The van der Waals surface area contributed by atoms with Gasteiger partial charge in [0.25, 0.3) is 0 Å². The Balaban J connectivity index is 2.38. The van der Waals surface area contributed by atoms with Crippen LogP contribution in [0.3, 0.4) is 0 Å². The third-order valence-electron chi connectivity index (χ3n) is 2.15. The van der Waals surface area contributed by atoms with Crippen molar-refractivity contribution in [2.45, 2.75) is 20.8 Å². The molecule has 1 aliphatic rings. The second-order valence-corrected chi connectivity index (χ2v) is 3.36. The van der Waals surface area contributed by atoms with Crippen LogP contribution in [0.2, 0.25) is 0 Å². The predicted molar refractivity (Wildman–Crippen MR) is 40.6 cm³/mol. The van der Waals surface area contributed by atoms with Crippen molar-refractivity contribution >= 4 is 5.91 Å². The van der Waals surface area contributed by atoms with Gasteiger partial charge in [0.2, 0.25) is 5.91 Å². The van der Waals surface area contributed by atoms with Crippen molar-refractivity contribution in [3.8, 4) is 0 Å². The Hall–Kier alpha value is -0.530. The van der Waals surface area contributed by atoms with Gasteiger partial charge in [-0.2, -0.15) is 0 Å². The monoisotopic (exact) mass is 141 g/mol. The van der Waals surface area contributed by atoms with E-state index in [2.05, 4.69) is 13.8 Å². The molecule has 1 rings (SSSR count). The van der Waals surface area contributed by atoms with Crippen LogP contribution < -0.4 is 0 Å². The molecular formula is C8H15NO. The molecule has 0 aromatic carbocycles. The van der Waals surface area contributed by atoms with Crippen molar-refractivity contribution in [2.24, 2.45) is 11.8 Å². The highest BCUT2D eigenvalue weighted by atomic mass is 16.2. The highest BCUT2D eigenvalue weighted by Gasteiger charge is 2.29. The van der Waals surface area contributed by atoms with Crippen molar-refractivity contribution < 1.29 is 4.79 Å². The summed E-state index contributed by atoms with van der Waals surface area (Å²) >= 11 is 0. The molecular weight excluding hydrogens is 126 g/mol. The predicted octanol–water partition coefficient (Wildman–Crippen LogP) is 1.12. The first-order chi connectivity index (χ1) is 4.63. The van der Waals surface area contributed by atoms with Crippen molar-refractivity contribution in [1.29, 1.82) is 0 Å². The van der Waals surface area contributed by atoms with E-state index in [1.165, 1.54) is 0 Å². The fourth-order valence-corrected chi connectivity index (χ4v) is 0.844. The third-order valence-corrected chi connectivity index (χ3v) is 2.15. The second kappa shape index (κ2) is 2.60. The molecule has 0 radical (unpaired) electrons. The summed E-state index contributed by atoms with van der Waals surface area (Å²) in [5.41, 5.74) is 0. The number of nitrogens with zero attached hydrogens (tertiary/aromatic N) is 1. The lowest BCUT2D eigenvalue weighted by atomic mass is 9.97. The summed E-state index contributed by atoms with van der Waals surface area (Å²) in [7, 11) is 0. The molecule has 2 heteroatoms. The molecule has 58 valence electrons. The highest BCUT2D eigenvalue weighted by molar-refractivity contribution is 5.80. The lowest BCUT2D eigenvalue weighted by Crippen LogP contribution is -2.23. The van der Waals surface area contributed by atoms with E-state index >= 15 is 0 Å². The zero-order valence-electron chi connectivity index (χ0n) is 6.92. The number of hydrogen-bond acceptors (Lipinski definition) is 1. The summed E-state index contributed by atoms with van der Waals surface area (Å²) < 4.78 is 0. The molecule has 0 N–H and O–H groups in total. The fraction of sp³-hybridized carbons (Fsp3) is 0.875. The summed E-state index contributed by atoms with van der Waals surface area (Å²) in [6.07, 6.45) is 0. The molecule has 1 amide bonds. The Morgan fingerprint density at radius 1 is 1.30 bits per heavy atom. The van der Waals surface area contributed by atoms with Gasteiger partial charge in [0.1, 0.15) is 0 Å². The molecule has 0 spiro atoms. The average Bonchev–Trinajstić information content (AvgIpc) is 2.65. The Labute approximate surface area is 62.2 Å². The molecule has 0 aliphatic carbocycles. The molecule has 0 saturated carbocycles. The molecule has 1 atom stereocenters. The number of carbonyl (C=O) groups is 1. The lowest BCUT2D eigenvalue weighted by molar-refractivity contribution is -0.130. The van der Waals surface area contributed by atoms with E-state index in [1.807, 2.05) is 11.8 Å². The van der Waals surface area contributed by atoms with Crippen molar-refractivity contribution in [2.75, 3.05) is 13.1 Å². The Morgan fingerprint density at radius 2 is 1.80 bits per heavy atom. The van der Waals surface area contributed by atoms with Crippen LogP contribution in [-0.4, -0.2) is 23.9 Å². The first-order valence-electron chi connectivity index (χ1n) is 3.91. The van der Waals surface area contributed by atoms with Gasteiger partial charge in [-0.25, -0.2) is 0 Å². The highest BCUT2D eigenvalue weighted by Crippen LogP contribution is 2.17. The van der Waals surface area contributed by atoms with Gasteiger partial charge in [0.15, 0.2) is 0 Å². The van der Waals surface area contributed by atoms with Gasteiger partial charge in [0.05, 0.1) is 0 Å². The molecule has 1 saturated heterocycles. The fourth-order valence-electron chi connectivity index (χ4n) is 0.844. The molecule has 1 heterocycles. The zero-order chi connectivity index (χ0) is 7.72. The van der Waals surface area contributed by atoms with Crippen LogP contribution in [0.5, 0.6) is 0 Å². The Bertz CT molecular complexity index is 138. The molecule has 2 nitrogen and oxygen atoms in total. The number of amides is 1. The Kier molecular flexibility index (Phi) is 1.97. The van der Waals surface area contributed by atoms with Gasteiger partial charge >= 0.3 is 0 Å². The first-order valence-corrected chi connectivity index (χ1v) is 3.91. The minimum absolute atomic E-state index is 0.211. The summed E-state index contributed by atoms with van der Waals surface area (Å²) in [5.74, 6) is 1.02. The zero-order valence-corrected chi connectivity index (χ0v) is 6.92. The molecule has 10 heavy (non-hydrogen) atoms. The van der Waals surface area contributed by atoms with Gasteiger partial charge in [-0.1, -0.05) is 20.8 Å². The van der Waals surface area contributed by atoms with Crippen LogP contribution in [0.1, 0.15) is 20.8 Å². The minimum Gasteiger partial charge on any atom is -0.339 e. The maximum atomic E-state index is 11.3. The van der Waals surface area contributed by atoms with E-state index in [1.54, 1.807) is 0 Å². The molecule has 1 fully saturated rings. The van der Waals surface area contributed by atoms with Crippen molar-refractivity contribution in [1.82, 2.24) is 4.90 Å². The van der Waals surface area contributed by atoms with E-state index in [-0.39, 0.29) is 5.92 Å². The van der Waals surface area contributed by atoms with Gasteiger partial charge in [0, 0.05) is 19.0 Å². The number of hydrogen-bond donors (Lipinski definition) is 0. The third kappa shape index (κ3) is 1.49. The summed E-state index contributed by atoms with van der Waals surface area (Å²) in [6, 6.07) is 0. The first kappa shape index (κ1) is 7.58. The maximum Gasteiger partial charge on any atom is 0.225 e. The van der Waals surface area contributed by atoms with E-state index in [0.717, 1.165) is 13.1 Å². The van der Waals surface area contributed by atoms with Crippen LogP contribution in [0, 0.1) is 11.8 Å². The smallest absolute Gasteiger partial charge is 0.225 e. The van der Waals surface area contributed by atoms with E-state index in [9.17, 15) is 4.79 Å². The number of carbonyl (C=O) groups excluding carboxylic acids is 1. The van der Waals surface area contributed by atoms with Crippen molar-refractivity contribution in [3.63, 3.8) is 0 Å². The second-order valence-electron chi connectivity index (χ2n) is 3.36. The maximum absolute atomic E-state index is 11.3. The average molecular weight is 141 g/mol. The summed E-state index contributed by atoms with van der Waals surface area (Å²) in [6.45, 7) is 8.15. The van der Waals surface area contributed by atoms with Gasteiger partial charge in [-0.3, -0.25) is 4.79 Å². The van der Waals surface area contributed by atoms with Crippen LogP contribution >= 0.6 is 0 Å². The molecule has 0 bridgehead atoms.